The molecule has 31 heavy (non-hydrogen) atoms. The van der Waals surface area contributed by atoms with Gasteiger partial charge >= 0.3 is 11.4 Å². The standard InChI is InChI=1S/C20H21N5O5S/c1-23-16-11-14(4-5-17(16)30-20(23)27)31(28,29)24-9-6-13(7-10-24)12-25-18-15(22-19(25)26)3-2-8-21-18/h2-5,8,11,13H,6-7,9-10,12H2,1H3,(H,22,26). The highest BCUT2D eigenvalue weighted by molar-refractivity contribution is 7.89. The van der Waals surface area contributed by atoms with E-state index in [1.807, 2.05) is 6.07 Å². The molecule has 162 valence electrons. The number of hydrogen-bond acceptors (Lipinski definition) is 6. The highest BCUT2D eigenvalue weighted by Crippen LogP contribution is 2.27. The van der Waals surface area contributed by atoms with Gasteiger partial charge in [-0.05, 0) is 49.1 Å². The Balaban J connectivity index is 1.34. The van der Waals surface area contributed by atoms with Crippen molar-refractivity contribution in [1.29, 1.82) is 0 Å². The summed E-state index contributed by atoms with van der Waals surface area (Å²) in [6, 6.07) is 8.02. The molecule has 0 spiro atoms. The van der Waals surface area contributed by atoms with Crippen molar-refractivity contribution in [2.45, 2.75) is 24.3 Å². The monoisotopic (exact) mass is 443 g/mol. The maximum Gasteiger partial charge on any atom is 0.419 e. The van der Waals surface area contributed by atoms with E-state index < -0.39 is 15.8 Å². The van der Waals surface area contributed by atoms with Crippen LogP contribution in [0, 0.1) is 5.92 Å². The Kier molecular flexibility index (Phi) is 4.59. The molecule has 0 saturated carbocycles. The smallest absolute Gasteiger partial charge is 0.408 e. The van der Waals surface area contributed by atoms with E-state index in [2.05, 4.69) is 9.97 Å². The van der Waals surface area contributed by atoms with Gasteiger partial charge in [0.15, 0.2) is 11.2 Å². The van der Waals surface area contributed by atoms with Crippen LogP contribution in [-0.2, 0) is 23.6 Å². The number of fused-ring (bicyclic) bond motifs is 2. The van der Waals surface area contributed by atoms with Gasteiger partial charge in [0, 0.05) is 32.9 Å². The van der Waals surface area contributed by atoms with Gasteiger partial charge in [-0.2, -0.15) is 4.31 Å². The number of piperidine rings is 1. The first-order chi connectivity index (χ1) is 14.8. The summed E-state index contributed by atoms with van der Waals surface area (Å²) in [5.41, 5.74) is 1.89. The van der Waals surface area contributed by atoms with Crippen molar-refractivity contribution in [3.63, 3.8) is 0 Å². The van der Waals surface area contributed by atoms with Crippen LogP contribution in [-0.4, -0.2) is 44.9 Å². The molecule has 1 aliphatic rings. The molecule has 5 rings (SSSR count). The van der Waals surface area contributed by atoms with E-state index in [0.29, 0.717) is 54.7 Å². The maximum absolute atomic E-state index is 13.1. The van der Waals surface area contributed by atoms with Crippen LogP contribution in [0.3, 0.4) is 0 Å². The molecule has 0 atom stereocenters. The molecule has 1 N–H and O–H groups in total. The molecule has 3 aromatic heterocycles. The first kappa shape index (κ1) is 19.8. The maximum atomic E-state index is 13.1. The molecule has 0 bridgehead atoms. The summed E-state index contributed by atoms with van der Waals surface area (Å²) in [7, 11) is -2.16. The van der Waals surface area contributed by atoms with Gasteiger partial charge < -0.3 is 9.40 Å². The largest absolute Gasteiger partial charge is 0.419 e. The Bertz CT molecular complexity index is 1500. The zero-order chi connectivity index (χ0) is 21.8. The fourth-order valence-electron chi connectivity index (χ4n) is 4.16. The van der Waals surface area contributed by atoms with Crippen LogP contribution < -0.4 is 11.4 Å². The number of imidazole rings is 1. The molecule has 11 heteroatoms. The van der Waals surface area contributed by atoms with E-state index in [4.69, 9.17) is 4.42 Å². The summed E-state index contributed by atoms with van der Waals surface area (Å²) < 4.78 is 35.7. The average Bonchev–Trinajstić information content (AvgIpc) is 3.24. The SMILES string of the molecule is Cn1c(=O)oc2ccc(S(=O)(=O)N3CCC(Cn4c(=O)[nH]c5cccnc54)CC3)cc21. The fraction of sp³-hybridized carbons (Fsp3) is 0.350. The Morgan fingerprint density at radius 2 is 1.97 bits per heavy atom. The number of oxazole rings is 1. The van der Waals surface area contributed by atoms with Crippen LogP contribution in [0.25, 0.3) is 22.3 Å². The van der Waals surface area contributed by atoms with Gasteiger partial charge in [0.05, 0.1) is 15.9 Å². The Hall–Kier alpha value is -3.18. The van der Waals surface area contributed by atoms with Gasteiger partial charge in [-0.1, -0.05) is 0 Å². The molecule has 0 aliphatic carbocycles. The summed E-state index contributed by atoms with van der Waals surface area (Å²) in [5.74, 6) is -0.366. The van der Waals surface area contributed by atoms with Gasteiger partial charge in [-0.3, -0.25) is 9.13 Å². The van der Waals surface area contributed by atoms with Gasteiger partial charge in [0.1, 0.15) is 0 Å². The molecule has 1 aliphatic heterocycles. The van der Waals surface area contributed by atoms with Crippen molar-refractivity contribution < 1.29 is 12.8 Å². The van der Waals surface area contributed by atoms with Crippen LogP contribution in [0.2, 0.25) is 0 Å². The minimum Gasteiger partial charge on any atom is -0.408 e. The Morgan fingerprint density at radius 1 is 1.19 bits per heavy atom. The lowest BCUT2D eigenvalue weighted by atomic mass is 9.98. The number of nitrogens with one attached hydrogen (secondary N) is 1. The minimum absolute atomic E-state index is 0.131. The van der Waals surface area contributed by atoms with E-state index in [9.17, 15) is 18.0 Å². The van der Waals surface area contributed by atoms with Crippen molar-refractivity contribution in [2.75, 3.05) is 13.1 Å². The van der Waals surface area contributed by atoms with Crippen molar-refractivity contribution >= 4 is 32.3 Å². The molecular weight excluding hydrogens is 422 g/mol. The summed E-state index contributed by atoms with van der Waals surface area (Å²) in [4.78, 5) is 31.2. The zero-order valence-electron chi connectivity index (χ0n) is 16.8. The Morgan fingerprint density at radius 3 is 2.74 bits per heavy atom. The van der Waals surface area contributed by atoms with Gasteiger partial charge in [0.25, 0.3) is 0 Å². The number of aryl methyl sites for hydroxylation is 1. The second-order valence-corrected chi connectivity index (χ2v) is 9.76. The lowest BCUT2D eigenvalue weighted by Gasteiger charge is -2.31. The van der Waals surface area contributed by atoms with Crippen molar-refractivity contribution in [1.82, 2.24) is 23.4 Å². The van der Waals surface area contributed by atoms with Crippen LogP contribution in [0.5, 0.6) is 0 Å². The number of aromatic amines is 1. The molecular formula is C20H21N5O5S. The summed E-state index contributed by atoms with van der Waals surface area (Å²) >= 11 is 0. The quantitative estimate of drug-likeness (QED) is 0.507. The second-order valence-electron chi connectivity index (χ2n) is 7.82. The van der Waals surface area contributed by atoms with E-state index in [0.717, 1.165) is 0 Å². The van der Waals surface area contributed by atoms with Crippen LogP contribution >= 0.6 is 0 Å². The van der Waals surface area contributed by atoms with Crippen LogP contribution in [0.15, 0.2) is 55.4 Å². The third kappa shape index (κ3) is 3.29. The molecule has 0 radical (unpaired) electrons. The van der Waals surface area contributed by atoms with E-state index >= 15 is 0 Å². The molecule has 1 aromatic carbocycles. The number of H-pyrrole nitrogens is 1. The molecule has 0 unspecified atom stereocenters. The topological polar surface area (TPSA) is 123 Å². The number of aromatic nitrogens is 4. The van der Waals surface area contributed by atoms with Gasteiger partial charge in [-0.15, -0.1) is 0 Å². The summed E-state index contributed by atoms with van der Waals surface area (Å²) in [6.45, 7) is 1.21. The highest BCUT2D eigenvalue weighted by atomic mass is 32.2. The molecule has 1 saturated heterocycles. The number of pyridine rings is 1. The van der Waals surface area contributed by atoms with Crippen molar-refractivity contribution in [3.8, 4) is 0 Å². The minimum atomic E-state index is -3.70. The number of rotatable bonds is 4. The summed E-state index contributed by atoms with van der Waals surface area (Å²) in [6.07, 6.45) is 2.92. The first-order valence-corrected chi connectivity index (χ1v) is 11.4. The normalized spacial score (nSPS) is 16.4. The van der Waals surface area contributed by atoms with E-state index in [1.165, 1.54) is 34.1 Å². The number of sulfonamides is 1. The number of nitrogens with zero attached hydrogens (tertiary/aromatic N) is 4. The first-order valence-electron chi connectivity index (χ1n) is 9.98. The predicted octanol–water partition coefficient (Wildman–Crippen LogP) is 1.27. The third-order valence-electron chi connectivity index (χ3n) is 5.94. The molecule has 0 amide bonds. The van der Waals surface area contributed by atoms with Gasteiger partial charge in [-0.25, -0.2) is 23.0 Å². The fourth-order valence-corrected chi connectivity index (χ4v) is 5.65. The van der Waals surface area contributed by atoms with Crippen LogP contribution in [0.4, 0.5) is 0 Å². The van der Waals surface area contributed by atoms with Gasteiger partial charge in [0.2, 0.25) is 10.0 Å². The molecule has 4 aromatic rings. The number of benzene rings is 1. The second kappa shape index (κ2) is 7.20. The third-order valence-corrected chi connectivity index (χ3v) is 7.84. The highest BCUT2D eigenvalue weighted by Gasteiger charge is 2.30. The van der Waals surface area contributed by atoms with Crippen molar-refractivity contribution in [3.05, 3.63) is 57.6 Å². The van der Waals surface area contributed by atoms with Crippen LogP contribution in [0.1, 0.15) is 12.8 Å². The molecule has 1 fully saturated rings. The zero-order valence-corrected chi connectivity index (χ0v) is 17.6. The predicted molar refractivity (Wildman–Crippen MR) is 113 cm³/mol. The van der Waals surface area contributed by atoms with E-state index in [1.54, 1.807) is 16.8 Å². The summed E-state index contributed by atoms with van der Waals surface area (Å²) in [5, 5.41) is 0. The Labute approximate surface area is 176 Å². The van der Waals surface area contributed by atoms with E-state index in [-0.39, 0.29) is 16.5 Å². The molecule has 10 nitrogen and oxygen atoms in total. The lowest BCUT2D eigenvalue weighted by Crippen LogP contribution is -2.39. The lowest BCUT2D eigenvalue weighted by molar-refractivity contribution is 0.253. The average molecular weight is 443 g/mol. The molecule has 4 heterocycles. The number of hydrogen-bond donors (Lipinski definition) is 1. The van der Waals surface area contributed by atoms with Crippen molar-refractivity contribution in [2.24, 2.45) is 13.0 Å².